The van der Waals surface area contributed by atoms with E-state index in [9.17, 15) is 0 Å². The molecule has 1 nitrogen and oxygen atoms in total. The third-order valence-electron chi connectivity index (χ3n) is 3.77. The minimum Gasteiger partial charge on any atom is -0.303 e. The van der Waals surface area contributed by atoms with Gasteiger partial charge in [-0.2, -0.15) is 0 Å². The van der Waals surface area contributed by atoms with Crippen LogP contribution in [0.3, 0.4) is 0 Å². The standard InChI is InChI=1S/C11H23N/c1-5-10-7-8-12(4)9(3)11(10)6-2/h9-11H,5-8H2,1-4H3. The maximum absolute atomic E-state index is 2.51. The number of nitrogens with zero attached hydrogens (tertiary/aromatic N) is 1. The van der Waals surface area contributed by atoms with Gasteiger partial charge in [0, 0.05) is 6.04 Å². The van der Waals surface area contributed by atoms with Gasteiger partial charge in [-0.25, -0.2) is 0 Å². The number of hydrogen-bond donors (Lipinski definition) is 0. The molecule has 0 spiro atoms. The average molecular weight is 169 g/mol. The summed E-state index contributed by atoms with van der Waals surface area (Å²) in [5, 5.41) is 0. The van der Waals surface area contributed by atoms with Gasteiger partial charge in [-0.3, -0.25) is 0 Å². The summed E-state index contributed by atoms with van der Waals surface area (Å²) >= 11 is 0. The highest BCUT2D eigenvalue weighted by Crippen LogP contribution is 2.32. The fourth-order valence-corrected chi connectivity index (χ4v) is 2.69. The van der Waals surface area contributed by atoms with E-state index in [0.29, 0.717) is 0 Å². The number of rotatable bonds is 2. The predicted octanol–water partition coefficient (Wildman–Crippen LogP) is 2.76. The Bertz CT molecular complexity index is 131. The Balaban J connectivity index is 2.58. The lowest BCUT2D eigenvalue weighted by molar-refractivity contribution is 0.0752. The molecule has 0 aromatic heterocycles. The van der Waals surface area contributed by atoms with Crippen molar-refractivity contribution in [2.45, 2.75) is 46.1 Å². The third kappa shape index (κ3) is 1.82. The van der Waals surface area contributed by atoms with Crippen molar-refractivity contribution < 1.29 is 0 Å². The van der Waals surface area contributed by atoms with E-state index in [1.165, 1.54) is 25.8 Å². The highest BCUT2D eigenvalue weighted by atomic mass is 15.1. The van der Waals surface area contributed by atoms with Crippen molar-refractivity contribution in [1.82, 2.24) is 4.90 Å². The molecule has 0 aromatic carbocycles. The maximum Gasteiger partial charge on any atom is 0.00946 e. The Hall–Kier alpha value is -0.0400. The van der Waals surface area contributed by atoms with E-state index >= 15 is 0 Å². The van der Waals surface area contributed by atoms with Gasteiger partial charge in [0.2, 0.25) is 0 Å². The van der Waals surface area contributed by atoms with Crippen LogP contribution in [0.2, 0.25) is 0 Å². The van der Waals surface area contributed by atoms with E-state index in [1.807, 2.05) is 0 Å². The van der Waals surface area contributed by atoms with E-state index in [4.69, 9.17) is 0 Å². The van der Waals surface area contributed by atoms with Crippen molar-refractivity contribution in [3.05, 3.63) is 0 Å². The monoisotopic (exact) mass is 169 g/mol. The maximum atomic E-state index is 2.51. The molecule has 12 heavy (non-hydrogen) atoms. The molecule has 1 aliphatic rings. The zero-order chi connectivity index (χ0) is 9.14. The van der Waals surface area contributed by atoms with Crippen LogP contribution in [0.4, 0.5) is 0 Å². The second kappa shape index (κ2) is 4.27. The average Bonchev–Trinajstić information content (AvgIpc) is 2.09. The summed E-state index contributed by atoms with van der Waals surface area (Å²) < 4.78 is 0. The Morgan fingerprint density at radius 2 is 1.92 bits per heavy atom. The molecule has 72 valence electrons. The summed E-state index contributed by atoms with van der Waals surface area (Å²) in [6.07, 6.45) is 4.14. The summed E-state index contributed by atoms with van der Waals surface area (Å²) in [6.45, 7) is 8.36. The number of likely N-dealkylation sites (tertiary alicyclic amines) is 1. The molecular weight excluding hydrogens is 146 g/mol. The topological polar surface area (TPSA) is 3.24 Å². The third-order valence-corrected chi connectivity index (χ3v) is 3.77. The lowest BCUT2D eigenvalue weighted by Gasteiger charge is -2.42. The first kappa shape index (κ1) is 10.0. The molecule has 1 rings (SSSR count). The van der Waals surface area contributed by atoms with Crippen molar-refractivity contribution in [2.24, 2.45) is 11.8 Å². The van der Waals surface area contributed by atoms with Gasteiger partial charge < -0.3 is 4.90 Å². The molecule has 0 amide bonds. The fourth-order valence-electron chi connectivity index (χ4n) is 2.69. The van der Waals surface area contributed by atoms with Crippen LogP contribution in [0.5, 0.6) is 0 Å². The Kier molecular flexibility index (Phi) is 3.57. The molecule has 3 atom stereocenters. The smallest absolute Gasteiger partial charge is 0.00946 e. The first-order chi connectivity index (χ1) is 5.70. The summed E-state index contributed by atoms with van der Waals surface area (Å²) in [7, 11) is 2.26. The molecule has 0 aliphatic carbocycles. The van der Waals surface area contributed by atoms with Gasteiger partial charge in [-0.05, 0) is 38.8 Å². The van der Waals surface area contributed by atoms with Gasteiger partial charge in [0.1, 0.15) is 0 Å². The molecule has 3 unspecified atom stereocenters. The van der Waals surface area contributed by atoms with E-state index < -0.39 is 0 Å². The molecule has 1 aliphatic heterocycles. The molecule has 0 bridgehead atoms. The molecule has 0 radical (unpaired) electrons. The highest BCUT2D eigenvalue weighted by molar-refractivity contribution is 4.83. The second-order valence-electron chi connectivity index (χ2n) is 4.25. The normalized spacial score (nSPS) is 38.5. The first-order valence-electron chi connectivity index (χ1n) is 5.40. The van der Waals surface area contributed by atoms with Crippen LogP contribution >= 0.6 is 0 Å². The van der Waals surface area contributed by atoms with Crippen molar-refractivity contribution in [2.75, 3.05) is 13.6 Å². The molecule has 0 aromatic rings. The minimum atomic E-state index is 0.800. The zero-order valence-electron chi connectivity index (χ0n) is 9.01. The first-order valence-corrected chi connectivity index (χ1v) is 5.40. The lowest BCUT2D eigenvalue weighted by atomic mass is 9.77. The van der Waals surface area contributed by atoms with Crippen molar-refractivity contribution >= 4 is 0 Å². The van der Waals surface area contributed by atoms with E-state index in [-0.39, 0.29) is 0 Å². The fraction of sp³-hybridized carbons (Fsp3) is 1.00. The zero-order valence-corrected chi connectivity index (χ0v) is 9.01. The Morgan fingerprint density at radius 3 is 2.42 bits per heavy atom. The van der Waals surface area contributed by atoms with Crippen molar-refractivity contribution in [3.8, 4) is 0 Å². The van der Waals surface area contributed by atoms with Gasteiger partial charge in [0.25, 0.3) is 0 Å². The molecule has 1 heteroatoms. The van der Waals surface area contributed by atoms with Crippen molar-refractivity contribution in [1.29, 1.82) is 0 Å². The van der Waals surface area contributed by atoms with E-state index in [0.717, 1.165) is 17.9 Å². The summed E-state index contributed by atoms with van der Waals surface area (Å²) in [5.41, 5.74) is 0. The lowest BCUT2D eigenvalue weighted by Crippen LogP contribution is -2.44. The van der Waals surface area contributed by atoms with Crippen LogP contribution in [0.1, 0.15) is 40.0 Å². The van der Waals surface area contributed by atoms with Gasteiger partial charge in [0.05, 0.1) is 0 Å². The molecule has 1 heterocycles. The van der Waals surface area contributed by atoms with Crippen LogP contribution in [0.25, 0.3) is 0 Å². The van der Waals surface area contributed by atoms with Crippen LogP contribution in [-0.2, 0) is 0 Å². The van der Waals surface area contributed by atoms with Crippen LogP contribution in [-0.4, -0.2) is 24.5 Å². The van der Waals surface area contributed by atoms with E-state index in [2.05, 4.69) is 32.7 Å². The highest BCUT2D eigenvalue weighted by Gasteiger charge is 2.30. The summed E-state index contributed by atoms with van der Waals surface area (Å²) in [4.78, 5) is 2.51. The number of hydrogen-bond acceptors (Lipinski definition) is 1. The van der Waals surface area contributed by atoms with Gasteiger partial charge >= 0.3 is 0 Å². The molecular formula is C11H23N. The quantitative estimate of drug-likeness (QED) is 0.614. The van der Waals surface area contributed by atoms with E-state index in [1.54, 1.807) is 0 Å². The van der Waals surface area contributed by atoms with Gasteiger partial charge in [-0.1, -0.05) is 26.7 Å². The largest absolute Gasteiger partial charge is 0.303 e. The molecule has 0 N–H and O–H groups in total. The van der Waals surface area contributed by atoms with Gasteiger partial charge in [-0.15, -0.1) is 0 Å². The molecule has 1 fully saturated rings. The predicted molar refractivity (Wildman–Crippen MR) is 54.3 cm³/mol. The summed E-state index contributed by atoms with van der Waals surface area (Å²) in [6, 6.07) is 0.800. The van der Waals surface area contributed by atoms with Crippen LogP contribution < -0.4 is 0 Å². The number of piperidine rings is 1. The van der Waals surface area contributed by atoms with Crippen molar-refractivity contribution in [3.63, 3.8) is 0 Å². The van der Waals surface area contributed by atoms with Crippen LogP contribution in [0.15, 0.2) is 0 Å². The molecule has 0 saturated carbocycles. The Labute approximate surface area is 77.1 Å². The SMILES string of the molecule is CCC1CCN(C)C(C)C1CC. The minimum absolute atomic E-state index is 0.800. The molecule has 1 saturated heterocycles. The Morgan fingerprint density at radius 1 is 1.25 bits per heavy atom. The summed E-state index contributed by atoms with van der Waals surface area (Å²) in [5.74, 6) is 1.93. The second-order valence-corrected chi connectivity index (χ2v) is 4.25. The van der Waals surface area contributed by atoms with Crippen LogP contribution in [0, 0.1) is 11.8 Å². The van der Waals surface area contributed by atoms with Gasteiger partial charge in [0.15, 0.2) is 0 Å².